The minimum absolute atomic E-state index is 0.973. The van der Waals surface area contributed by atoms with Gasteiger partial charge in [-0.15, -0.1) is 6.58 Å². The second kappa shape index (κ2) is 6.25. The number of hydrogen-bond acceptors (Lipinski definition) is 1. The van der Waals surface area contributed by atoms with Gasteiger partial charge in [0.1, 0.15) is 0 Å². The fraction of sp³-hybridized carbons (Fsp3) is 0.273. The summed E-state index contributed by atoms with van der Waals surface area (Å²) in [5, 5.41) is 3.36. The smallest absolute Gasteiger partial charge is 0.0495 e. The van der Waals surface area contributed by atoms with Gasteiger partial charge in [-0.05, 0) is 47.0 Å². The van der Waals surface area contributed by atoms with Crippen LogP contribution in [0, 0.1) is 0 Å². The molecule has 3 heteroatoms. The van der Waals surface area contributed by atoms with Gasteiger partial charge < -0.3 is 5.32 Å². The van der Waals surface area contributed by atoms with E-state index in [0.29, 0.717) is 0 Å². The van der Waals surface area contributed by atoms with Gasteiger partial charge in [-0.25, -0.2) is 0 Å². The van der Waals surface area contributed by atoms with Crippen molar-refractivity contribution in [3.05, 3.63) is 39.8 Å². The number of allylic oxidation sites excluding steroid dienone is 1. The lowest BCUT2D eigenvalue weighted by Gasteiger charge is -2.08. The quantitative estimate of drug-likeness (QED) is 0.618. The summed E-state index contributed by atoms with van der Waals surface area (Å²) in [4.78, 5) is 0. The van der Waals surface area contributed by atoms with Crippen molar-refractivity contribution >= 4 is 37.5 Å². The molecule has 0 saturated carbocycles. The van der Waals surface area contributed by atoms with Gasteiger partial charge >= 0.3 is 0 Å². The van der Waals surface area contributed by atoms with E-state index in [-0.39, 0.29) is 0 Å². The van der Waals surface area contributed by atoms with Crippen LogP contribution in [0.15, 0.2) is 39.8 Å². The lowest BCUT2D eigenvalue weighted by atomic mass is 10.3. The number of halogens is 2. The summed E-state index contributed by atoms with van der Waals surface area (Å²) in [7, 11) is 0. The average Bonchev–Trinajstić information content (AvgIpc) is 2.18. The molecule has 14 heavy (non-hydrogen) atoms. The summed E-state index contributed by atoms with van der Waals surface area (Å²) in [6, 6.07) is 6.11. The molecule has 0 unspecified atom stereocenters. The summed E-state index contributed by atoms with van der Waals surface area (Å²) in [5.74, 6) is 0. The number of hydrogen-bond donors (Lipinski definition) is 1. The Kier molecular flexibility index (Phi) is 5.26. The van der Waals surface area contributed by atoms with Gasteiger partial charge in [0.05, 0.1) is 0 Å². The highest BCUT2D eigenvalue weighted by Gasteiger charge is 1.98. The first-order valence-electron chi connectivity index (χ1n) is 4.54. The number of rotatable bonds is 5. The van der Waals surface area contributed by atoms with Gasteiger partial charge in [-0.3, -0.25) is 0 Å². The van der Waals surface area contributed by atoms with Gasteiger partial charge in [0.25, 0.3) is 0 Å². The van der Waals surface area contributed by atoms with Crippen molar-refractivity contribution in [2.75, 3.05) is 11.9 Å². The maximum atomic E-state index is 3.69. The second-order valence-corrected chi connectivity index (χ2v) is 4.75. The molecule has 1 nitrogen and oxygen atoms in total. The van der Waals surface area contributed by atoms with Gasteiger partial charge in [-0.2, -0.15) is 0 Å². The second-order valence-electron chi connectivity index (χ2n) is 2.98. The SMILES string of the molecule is C=CCCCNc1cc(Br)ccc1Br. The van der Waals surface area contributed by atoms with Crippen LogP contribution < -0.4 is 5.32 Å². The van der Waals surface area contributed by atoms with Gasteiger partial charge in [-0.1, -0.05) is 22.0 Å². The predicted octanol–water partition coefficient (Wildman–Crippen LogP) is 4.59. The predicted molar refractivity (Wildman–Crippen MR) is 69.8 cm³/mol. The topological polar surface area (TPSA) is 12.0 Å². The van der Waals surface area contributed by atoms with E-state index in [2.05, 4.69) is 49.8 Å². The van der Waals surface area contributed by atoms with Crippen LogP contribution in [0.25, 0.3) is 0 Å². The maximum Gasteiger partial charge on any atom is 0.0495 e. The largest absolute Gasteiger partial charge is 0.384 e. The van der Waals surface area contributed by atoms with Crippen LogP contribution in [-0.4, -0.2) is 6.54 Å². The molecule has 0 spiro atoms. The van der Waals surface area contributed by atoms with E-state index in [1.807, 2.05) is 18.2 Å². The van der Waals surface area contributed by atoms with E-state index in [1.54, 1.807) is 0 Å². The summed E-state index contributed by atoms with van der Waals surface area (Å²) >= 11 is 6.94. The Morgan fingerprint density at radius 1 is 1.36 bits per heavy atom. The van der Waals surface area contributed by atoms with Crippen LogP contribution in [0.2, 0.25) is 0 Å². The zero-order valence-corrected chi connectivity index (χ0v) is 11.1. The highest BCUT2D eigenvalue weighted by molar-refractivity contribution is 9.11. The first kappa shape index (κ1) is 11.8. The fourth-order valence-electron chi connectivity index (χ4n) is 1.10. The molecule has 1 N–H and O–H groups in total. The highest BCUT2D eigenvalue weighted by atomic mass is 79.9. The molecular formula is C11H13Br2N. The lowest BCUT2D eigenvalue weighted by Crippen LogP contribution is -2.01. The molecule has 0 amide bonds. The number of nitrogens with one attached hydrogen (secondary N) is 1. The van der Waals surface area contributed by atoms with Crippen molar-refractivity contribution in [2.24, 2.45) is 0 Å². The number of anilines is 1. The van der Waals surface area contributed by atoms with Crippen LogP contribution in [-0.2, 0) is 0 Å². The van der Waals surface area contributed by atoms with Crippen molar-refractivity contribution in [1.82, 2.24) is 0 Å². The molecule has 1 aromatic carbocycles. The van der Waals surface area contributed by atoms with Crippen molar-refractivity contribution in [2.45, 2.75) is 12.8 Å². The first-order chi connectivity index (χ1) is 6.74. The number of benzene rings is 1. The van der Waals surface area contributed by atoms with Crippen LogP contribution in [0.5, 0.6) is 0 Å². The van der Waals surface area contributed by atoms with Crippen LogP contribution in [0.3, 0.4) is 0 Å². The standard InChI is InChI=1S/C11H13Br2N/c1-2-3-4-7-14-11-8-9(12)5-6-10(11)13/h2,5-6,8,14H,1,3-4,7H2. The zero-order valence-electron chi connectivity index (χ0n) is 7.89. The molecule has 0 heterocycles. The minimum Gasteiger partial charge on any atom is -0.384 e. The van der Waals surface area contributed by atoms with Crippen LogP contribution in [0.4, 0.5) is 5.69 Å². The Bertz CT molecular complexity index is 310. The van der Waals surface area contributed by atoms with E-state index < -0.39 is 0 Å². The normalized spacial score (nSPS) is 9.86. The molecule has 0 saturated heterocycles. The Balaban J connectivity index is 2.49. The van der Waals surface area contributed by atoms with E-state index in [4.69, 9.17) is 0 Å². The van der Waals surface area contributed by atoms with E-state index >= 15 is 0 Å². The van der Waals surface area contributed by atoms with Gasteiger partial charge in [0, 0.05) is 21.2 Å². The Hall–Kier alpha value is -0.280. The molecule has 0 atom stereocenters. The third-order valence-electron chi connectivity index (χ3n) is 1.83. The molecule has 0 aliphatic carbocycles. The molecule has 1 aromatic rings. The molecule has 0 aliphatic rings. The molecule has 0 bridgehead atoms. The molecule has 0 radical (unpaired) electrons. The zero-order chi connectivity index (χ0) is 10.4. The molecule has 0 aromatic heterocycles. The molecule has 1 rings (SSSR count). The summed E-state index contributed by atoms with van der Waals surface area (Å²) in [5.41, 5.74) is 1.13. The minimum atomic E-state index is 0.973. The van der Waals surface area contributed by atoms with E-state index in [9.17, 15) is 0 Å². The summed E-state index contributed by atoms with van der Waals surface area (Å²) < 4.78 is 2.19. The van der Waals surface area contributed by atoms with Gasteiger partial charge in [0.15, 0.2) is 0 Å². The Morgan fingerprint density at radius 3 is 2.86 bits per heavy atom. The van der Waals surface area contributed by atoms with E-state index in [0.717, 1.165) is 34.0 Å². The number of unbranched alkanes of at least 4 members (excludes halogenated alkanes) is 1. The third kappa shape index (κ3) is 3.84. The van der Waals surface area contributed by atoms with E-state index in [1.165, 1.54) is 0 Å². The first-order valence-corrected chi connectivity index (χ1v) is 6.12. The lowest BCUT2D eigenvalue weighted by molar-refractivity contribution is 0.890. The van der Waals surface area contributed by atoms with Crippen LogP contribution in [0.1, 0.15) is 12.8 Å². The van der Waals surface area contributed by atoms with Crippen molar-refractivity contribution in [1.29, 1.82) is 0 Å². The molecular weight excluding hydrogens is 306 g/mol. The highest BCUT2D eigenvalue weighted by Crippen LogP contribution is 2.25. The van der Waals surface area contributed by atoms with Crippen molar-refractivity contribution in [3.63, 3.8) is 0 Å². The molecule has 0 aliphatic heterocycles. The van der Waals surface area contributed by atoms with Crippen molar-refractivity contribution in [3.8, 4) is 0 Å². The third-order valence-corrected chi connectivity index (χ3v) is 3.01. The summed E-state index contributed by atoms with van der Waals surface area (Å²) in [6.07, 6.45) is 4.11. The van der Waals surface area contributed by atoms with Crippen LogP contribution >= 0.6 is 31.9 Å². The Morgan fingerprint density at radius 2 is 2.14 bits per heavy atom. The monoisotopic (exact) mass is 317 g/mol. The summed E-state index contributed by atoms with van der Waals surface area (Å²) in [6.45, 7) is 4.67. The fourth-order valence-corrected chi connectivity index (χ4v) is 1.85. The van der Waals surface area contributed by atoms with Gasteiger partial charge in [0.2, 0.25) is 0 Å². The van der Waals surface area contributed by atoms with Crippen molar-refractivity contribution < 1.29 is 0 Å². The maximum absolute atomic E-state index is 3.69. The molecule has 76 valence electrons. The molecule has 0 fully saturated rings. The average molecular weight is 319 g/mol. The Labute approximate surface area is 102 Å².